The Morgan fingerprint density at radius 1 is 0.972 bits per heavy atom. The SMILES string of the molecule is COC1=CC=C(NS(=O)(=O)/C=C/c2c(OC)cc(OC)cc2OC)C/C1=N/c1ccc([N+](=O)[O-])cc1. The normalized spacial score (nSPS) is 14.7. The molecule has 0 spiro atoms. The molecule has 1 aliphatic rings. The van der Waals surface area contributed by atoms with Crippen LogP contribution in [0.3, 0.4) is 0 Å². The van der Waals surface area contributed by atoms with Crippen molar-refractivity contribution in [1.29, 1.82) is 0 Å². The van der Waals surface area contributed by atoms with Crippen LogP contribution < -0.4 is 18.9 Å². The van der Waals surface area contributed by atoms with Crippen molar-refractivity contribution >= 4 is 33.2 Å². The zero-order valence-electron chi connectivity index (χ0n) is 20.0. The van der Waals surface area contributed by atoms with Crippen molar-refractivity contribution in [1.82, 2.24) is 4.72 Å². The smallest absolute Gasteiger partial charge is 0.269 e. The molecule has 0 saturated heterocycles. The zero-order valence-corrected chi connectivity index (χ0v) is 20.9. The number of methoxy groups -OCH3 is 4. The van der Waals surface area contributed by atoms with E-state index < -0.39 is 14.9 Å². The maximum Gasteiger partial charge on any atom is 0.269 e. The van der Waals surface area contributed by atoms with Gasteiger partial charge in [0, 0.05) is 36.4 Å². The van der Waals surface area contributed by atoms with Gasteiger partial charge in [0.05, 0.1) is 55.7 Å². The monoisotopic (exact) mass is 515 g/mol. The molecule has 2 aromatic rings. The number of benzene rings is 2. The largest absolute Gasteiger partial charge is 0.496 e. The predicted molar refractivity (Wildman–Crippen MR) is 135 cm³/mol. The van der Waals surface area contributed by atoms with Gasteiger partial charge in [-0.3, -0.25) is 14.8 Å². The second-order valence-corrected chi connectivity index (χ2v) is 8.90. The number of nitrogens with zero attached hydrogens (tertiary/aromatic N) is 2. The van der Waals surface area contributed by atoms with E-state index in [4.69, 9.17) is 18.9 Å². The van der Waals surface area contributed by atoms with Gasteiger partial charge in [-0.2, -0.15) is 0 Å². The van der Waals surface area contributed by atoms with Crippen molar-refractivity contribution in [3.63, 3.8) is 0 Å². The lowest BCUT2D eigenvalue weighted by Crippen LogP contribution is -2.24. The van der Waals surface area contributed by atoms with Crippen molar-refractivity contribution < 1.29 is 32.3 Å². The summed E-state index contributed by atoms with van der Waals surface area (Å²) in [4.78, 5) is 14.8. The van der Waals surface area contributed by atoms with E-state index in [2.05, 4.69) is 9.71 Å². The van der Waals surface area contributed by atoms with Gasteiger partial charge in [-0.15, -0.1) is 0 Å². The Kier molecular flexibility index (Phi) is 8.33. The van der Waals surface area contributed by atoms with Crippen LogP contribution in [0.25, 0.3) is 6.08 Å². The molecule has 190 valence electrons. The van der Waals surface area contributed by atoms with Gasteiger partial charge < -0.3 is 18.9 Å². The summed E-state index contributed by atoms with van der Waals surface area (Å²) in [5.74, 6) is 1.69. The summed E-state index contributed by atoms with van der Waals surface area (Å²) in [6.45, 7) is 0. The maximum atomic E-state index is 12.8. The number of rotatable bonds is 10. The Morgan fingerprint density at radius 3 is 2.14 bits per heavy atom. The molecular formula is C24H25N3O8S. The lowest BCUT2D eigenvalue weighted by molar-refractivity contribution is -0.384. The Hall–Kier alpha value is -4.32. The van der Waals surface area contributed by atoms with Crippen LogP contribution in [0, 0.1) is 10.1 Å². The molecule has 2 aromatic carbocycles. The van der Waals surface area contributed by atoms with E-state index >= 15 is 0 Å². The van der Waals surface area contributed by atoms with Crippen molar-refractivity contribution in [3.8, 4) is 17.2 Å². The van der Waals surface area contributed by atoms with Gasteiger partial charge in [0.15, 0.2) is 0 Å². The van der Waals surface area contributed by atoms with Crippen LogP contribution in [-0.4, -0.2) is 47.5 Å². The second-order valence-electron chi connectivity index (χ2n) is 7.33. The van der Waals surface area contributed by atoms with Crippen LogP contribution in [0.4, 0.5) is 11.4 Å². The minimum atomic E-state index is -3.92. The molecule has 11 nitrogen and oxygen atoms in total. The summed E-state index contributed by atoms with van der Waals surface area (Å²) < 4.78 is 49.4. The highest BCUT2D eigenvalue weighted by Crippen LogP contribution is 2.35. The van der Waals surface area contributed by atoms with Gasteiger partial charge in [-0.25, -0.2) is 13.4 Å². The third-order valence-corrected chi connectivity index (χ3v) is 6.10. The molecule has 1 aliphatic carbocycles. The lowest BCUT2D eigenvalue weighted by Gasteiger charge is -2.17. The molecule has 36 heavy (non-hydrogen) atoms. The number of hydrogen-bond donors (Lipinski definition) is 1. The van der Waals surface area contributed by atoms with E-state index in [1.54, 1.807) is 24.3 Å². The average molecular weight is 516 g/mol. The van der Waals surface area contributed by atoms with Gasteiger partial charge in [-0.1, -0.05) is 0 Å². The van der Waals surface area contributed by atoms with Gasteiger partial charge in [0.2, 0.25) is 0 Å². The topological polar surface area (TPSA) is 139 Å². The van der Waals surface area contributed by atoms with E-state index in [0.29, 0.717) is 45.7 Å². The number of nitro benzene ring substituents is 1. The van der Waals surface area contributed by atoms with Crippen molar-refractivity contribution in [3.05, 3.63) is 81.1 Å². The van der Waals surface area contributed by atoms with E-state index in [0.717, 1.165) is 5.41 Å². The maximum absolute atomic E-state index is 12.8. The Balaban J connectivity index is 1.83. The first-order valence-corrected chi connectivity index (χ1v) is 12.0. The molecule has 1 N–H and O–H groups in total. The number of nitro groups is 1. The van der Waals surface area contributed by atoms with E-state index in [-0.39, 0.29) is 12.1 Å². The molecule has 0 saturated carbocycles. The van der Waals surface area contributed by atoms with Gasteiger partial charge in [0.1, 0.15) is 23.0 Å². The highest BCUT2D eigenvalue weighted by atomic mass is 32.2. The lowest BCUT2D eigenvalue weighted by atomic mass is 10.1. The summed E-state index contributed by atoms with van der Waals surface area (Å²) in [6.07, 6.45) is 4.66. The highest BCUT2D eigenvalue weighted by molar-refractivity contribution is 7.92. The van der Waals surface area contributed by atoms with Crippen LogP contribution in [0.5, 0.6) is 17.2 Å². The van der Waals surface area contributed by atoms with Crippen molar-refractivity contribution in [2.45, 2.75) is 6.42 Å². The highest BCUT2D eigenvalue weighted by Gasteiger charge is 2.19. The summed E-state index contributed by atoms with van der Waals surface area (Å²) >= 11 is 0. The van der Waals surface area contributed by atoms with Gasteiger partial charge >= 0.3 is 0 Å². The fourth-order valence-electron chi connectivity index (χ4n) is 3.33. The van der Waals surface area contributed by atoms with E-state index in [1.807, 2.05) is 0 Å². The zero-order chi connectivity index (χ0) is 26.3. The molecule has 0 unspecified atom stereocenters. The third kappa shape index (κ3) is 6.42. The van der Waals surface area contributed by atoms with Crippen LogP contribution in [0.1, 0.15) is 12.0 Å². The minimum absolute atomic E-state index is 0.0599. The van der Waals surface area contributed by atoms with Crippen LogP contribution >= 0.6 is 0 Å². The number of ether oxygens (including phenoxy) is 4. The molecular weight excluding hydrogens is 490 g/mol. The van der Waals surface area contributed by atoms with Gasteiger partial charge in [0.25, 0.3) is 15.7 Å². The Bertz CT molecular complexity index is 1340. The van der Waals surface area contributed by atoms with Crippen LogP contribution in [0.2, 0.25) is 0 Å². The molecule has 0 fully saturated rings. The molecule has 0 bridgehead atoms. The minimum Gasteiger partial charge on any atom is -0.496 e. The number of sulfonamides is 1. The fourth-order valence-corrected chi connectivity index (χ4v) is 4.21. The number of hydrogen-bond acceptors (Lipinski definition) is 9. The molecule has 0 amide bonds. The van der Waals surface area contributed by atoms with Crippen molar-refractivity contribution in [2.75, 3.05) is 28.4 Å². The molecule has 0 radical (unpaired) electrons. The summed E-state index contributed by atoms with van der Waals surface area (Å²) in [7, 11) is 1.96. The average Bonchev–Trinajstić information content (AvgIpc) is 2.87. The molecule has 0 aliphatic heterocycles. The molecule has 0 heterocycles. The second kappa shape index (κ2) is 11.4. The van der Waals surface area contributed by atoms with Crippen molar-refractivity contribution in [2.24, 2.45) is 4.99 Å². The first-order valence-electron chi connectivity index (χ1n) is 10.5. The molecule has 0 atom stereocenters. The fraction of sp³-hybridized carbons (Fsp3) is 0.208. The number of allylic oxidation sites excluding steroid dienone is 4. The molecule has 12 heteroatoms. The Morgan fingerprint density at radius 2 is 1.61 bits per heavy atom. The standard InChI is InChI=1S/C24H25N3O8S/c1-32-19-14-23(34-3)20(24(15-19)35-4)11-12-36(30,31)26-17-7-10-22(33-2)21(13-17)25-16-5-8-18(9-6-16)27(28)29/h5-12,14-15,26H,13H2,1-4H3/b12-11+,25-21-. The van der Waals surface area contributed by atoms with Crippen LogP contribution in [-0.2, 0) is 14.8 Å². The number of non-ortho nitro benzene ring substituents is 1. The summed E-state index contributed by atoms with van der Waals surface area (Å²) in [6, 6.07) is 8.90. The predicted octanol–water partition coefficient (Wildman–Crippen LogP) is 4.10. The quantitative estimate of drug-likeness (QED) is 0.369. The number of aliphatic imine (C=N–C) groups is 1. The van der Waals surface area contributed by atoms with E-state index in [9.17, 15) is 18.5 Å². The van der Waals surface area contributed by atoms with Gasteiger partial charge in [-0.05, 0) is 30.4 Å². The van der Waals surface area contributed by atoms with Crippen LogP contribution in [0.15, 0.2) is 70.4 Å². The summed E-state index contributed by atoms with van der Waals surface area (Å²) in [5.41, 5.74) is 1.63. The van der Waals surface area contributed by atoms with E-state index in [1.165, 1.54) is 58.8 Å². The first kappa shape index (κ1) is 26.3. The molecule has 3 rings (SSSR count). The first-order chi connectivity index (χ1) is 17.2. The molecule has 0 aromatic heterocycles. The third-order valence-electron chi connectivity index (χ3n) is 5.06. The Labute approximate surface area is 208 Å². The summed E-state index contributed by atoms with van der Waals surface area (Å²) in [5, 5.41) is 11.9. The number of nitrogens with one attached hydrogen (secondary N) is 1.